The highest BCUT2D eigenvalue weighted by Crippen LogP contribution is 2.38. The van der Waals surface area contributed by atoms with Crippen LogP contribution in [-0.4, -0.2) is 13.6 Å². The second-order valence-corrected chi connectivity index (χ2v) is 5.45. The maximum absolute atomic E-state index is 13.4. The molecule has 1 aliphatic carbocycles. The normalized spacial score (nSPS) is 18.8. The lowest BCUT2D eigenvalue weighted by molar-refractivity contribution is 0.293. The number of hydrogen-bond donors (Lipinski definition) is 1. The van der Waals surface area contributed by atoms with Crippen molar-refractivity contribution in [3.63, 3.8) is 0 Å². The Kier molecular flexibility index (Phi) is 5.18. The van der Waals surface area contributed by atoms with Crippen molar-refractivity contribution in [2.24, 2.45) is 5.92 Å². The molecule has 100 valence electrons. The van der Waals surface area contributed by atoms with E-state index >= 15 is 0 Å². The second kappa shape index (κ2) is 6.89. The van der Waals surface area contributed by atoms with E-state index in [1.54, 1.807) is 12.1 Å². The fourth-order valence-electron chi connectivity index (χ4n) is 3.25. The molecule has 1 N–H and O–H groups in total. The fourth-order valence-corrected chi connectivity index (χ4v) is 3.25. The van der Waals surface area contributed by atoms with Gasteiger partial charge in [-0.05, 0) is 62.4 Å². The van der Waals surface area contributed by atoms with Gasteiger partial charge in [0.05, 0.1) is 0 Å². The van der Waals surface area contributed by atoms with E-state index < -0.39 is 0 Å². The van der Waals surface area contributed by atoms with Crippen molar-refractivity contribution in [1.82, 2.24) is 5.32 Å². The second-order valence-electron chi connectivity index (χ2n) is 5.45. The van der Waals surface area contributed by atoms with E-state index in [1.807, 2.05) is 13.1 Å². The molecule has 1 atom stereocenters. The van der Waals surface area contributed by atoms with E-state index in [0.29, 0.717) is 5.92 Å². The first-order chi connectivity index (χ1) is 8.81. The van der Waals surface area contributed by atoms with E-state index in [9.17, 15) is 4.39 Å². The summed E-state index contributed by atoms with van der Waals surface area (Å²) in [4.78, 5) is 0. The third-order valence-corrected chi connectivity index (χ3v) is 4.20. The van der Waals surface area contributed by atoms with Crippen LogP contribution >= 0.6 is 0 Å². The summed E-state index contributed by atoms with van der Waals surface area (Å²) >= 11 is 0. The molecule has 1 aromatic carbocycles. The Morgan fingerprint density at radius 2 is 2.06 bits per heavy atom. The first-order valence-corrected chi connectivity index (χ1v) is 7.21. The predicted molar refractivity (Wildman–Crippen MR) is 74.3 cm³/mol. The monoisotopic (exact) mass is 249 g/mol. The zero-order valence-electron chi connectivity index (χ0n) is 11.3. The Morgan fingerprint density at radius 1 is 1.28 bits per heavy atom. The summed E-state index contributed by atoms with van der Waals surface area (Å²) in [5.41, 5.74) is 1.19. The van der Waals surface area contributed by atoms with E-state index in [2.05, 4.69) is 11.4 Å². The maximum Gasteiger partial charge on any atom is 0.123 e. The summed E-state index contributed by atoms with van der Waals surface area (Å²) in [5, 5.41) is 3.23. The largest absolute Gasteiger partial charge is 0.320 e. The van der Waals surface area contributed by atoms with Gasteiger partial charge < -0.3 is 5.32 Å². The minimum atomic E-state index is -0.0993. The molecule has 0 bridgehead atoms. The van der Waals surface area contributed by atoms with Gasteiger partial charge in [0.2, 0.25) is 0 Å². The maximum atomic E-state index is 13.4. The smallest absolute Gasteiger partial charge is 0.123 e. The summed E-state index contributed by atoms with van der Waals surface area (Å²) in [5.74, 6) is 1.17. The Hall–Kier alpha value is -0.890. The van der Waals surface area contributed by atoms with Crippen LogP contribution in [0, 0.1) is 11.7 Å². The third-order valence-electron chi connectivity index (χ3n) is 4.20. The van der Waals surface area contributed by atoms with Gasteiger partial charge in [0.15, 0.2) is 0 Å². The third kappa shape index (κ3) is 3.55. The first kappa shape index (κ1) is 13.5. The first-order valence-electron chi connectivity index (χ1n) is 7.21. The van der Waals surface area contributed by atoms with Gasteiger partial charge in [-0.3, -0.25) is 0 Å². The number of rotatable bonds is 5. The molecule has 0 aliphatic heterocycles. The molecular formula is C16H24FN. The molecule has 0 radical (unpaired) electrons. The number of hydrogen-bond acceptors (Lipinski definition) is 1. The SMILES string of the molecule is CNCCC(c1cccc(F)c1)C1CCCCC1. The number of benzene rings is 1. The van der Waals surface area contributed by atoms with Crippen LogP contribution in [0.5, 0.6) is 0 Å². The fraction of sp³-hybridized carbons (Fsp3) is 0.625. The molecule has 1 unspecified atom stereocenters. The minimum absolute atomic E-state index is 0.0993. The highest BCUT2D eigenvalue weighted by atomic mass is 19.1. The van der Waals surface area contributed by atoms with Crippen molar-refractivity contribution in [3.05, 3.63) is 35.6 Å². The van der Waals surface area contributed by atoms with Crippen molar-refractivity contribution in [2.75, 3.05) is 13.6 Å². The van der Waals surface area contributed by atoms with Crippen LogP contribution in [0.1, 0.15) is 50.0 Å². The van der Waals surface area contributed by atoms with Crippen LogP contribution < -0.4 is 5.32 Å². The lowest BCUT2D eigenvalue weighted by atomic mass is 9.75. The molecule has 1 saturated carbocycles. The van der Waals surface area contributed by atoms with Gasteiger partial charge in [-0.15, -0.1) is 0 Å². The molecule has 0 saturated heterocycles. The molecule has 1 nitrogen and oxygen atoms in total. The van der Waals surface area contributed by atoms with Gasteiger partial charge in [-0.25, -0.2) is 4.39 Å². The van der Waals surface area contributed by atoms with Crippen molar-refractivity contribution in [2.45, 2.75) is 44.4 Å². The zero-order chi connectivity index (χ0) is 12.8. The summed E-state index contributed by atoms with van der Waals surface area (Å²) in [6.07, 6.45) is 7.80. The van der Waals surface area contributed by atoms with Crippen LogP contribution in [0.3, 0.4) is 0 Å². The van der Waals surface area contributed by atoms with Crippen LogP contribution in [0.4, 0.5) is 4.39 Å². The average Bonchev–Trinajstić information content (AvgIpc) is 2.40. The zero-order valence-corrected chi connectivity index (χ0v) is 11.3. The van der Waals surface area contributed by atoms with Gasteiger partial charge in [0, 0.05) is 0 Å². The predicted octanol–water partition coefficient (Wildman–Crippen LogP) is 4.10. The molecule has 0 aromatic heterocycles. The highest BCUT2D eigenvalue weighted by molar-refractivity contribution is 5.21. The summed E-state index contributed by atoms with van der Waals surface area (Å²) in [7, 11) is 1.99. The van der Waals surface area contributed by atoms with Crippen LogP contribution in [0.15, 0.2) is 24.3 Å². The summed E-state index contributed by atoms with van der Waals surface area (Å²) in [6.45, 7) is 1.01. The van der Waals surface area contributed by atoms with Gasteiger partial charge in [-0.1, -0.05) is 31.4 Å². The van der Waals surface area contributed by atoms with Gasteiger partial charge >= 0.3 is 0 Å². The summed E-state index contributed by atoms with van der Waals surface area (Å²) in [6, 6.07) is 7.21. The van der Waals surface area contributed by atoms with E-state index in [0.717, 1.165) is 18.9 Å². The Labute approximate surface area is 110 Å². The van der Waals surface area contributed by atoms with Gasteiger partial charge in [-0.2, -0.15) is 0 Å². The Balaban J connectivity index is 2.12. The van der Waals surface area contributed by atoms with Crippen molar-refractivity contribution in [3.8, 4) is 0 Å². The topological polar surface area (TPSA) is 12.0 Å². The van der Waals surface area contributed by atoms with Gasteiger partial charge in [0.25, 0.3) is 0 Å². The molecule has 1 aromatic rings. The lowest BCUT2D eigenvalue weighted by Crippen LogP contribution is -2.21. The Morgan fingerprint density at radius 3 is 2.72 bits per heavy atom. The quantitative estimate of drug-likeness (QED) is 0.828. The molecule has 1 aliphatic rings. The van der Waals surface area contributed by atoms with E-state index in [1.165, 1.54) is 37.7 Å². The molecule has 0 heterocycles. The summed E-state index contributed by atoms with van der Waals surface area (Å²) < 4.78 is 13.4. The van der Waals surface area contributed by atoms with Gasteiger partial charge in [0.1, 0.15) is 5.82 Å². The van der Waals surface area contributed by atoms with Crippen LogP contribution in [-0.2, 0) is 0 Å². The van der Waals surface area contributed by atoms with Crippen molar-refractivity contribution in [1.29, 1.82) is 0 Å². The average molecular weight is 249 g/mol. The number of nitrogens with one attached hydrogen (secondary N) is 1. The van der Waals surface area contributed by atoms with Crippen molar-refractivity contribution < 1.29 is 4.39 Å². The minimum Gasteiger partial charge on any atom is -0.320 e. The van der Waals surface area contributed by atoms with Crippen LogP contribution in [0.25, 0.3) is 0 Å². The lowest BCUT2D eigenvalue weighted by Gasteiger charge is -2.30. The molecule has 0 amide bonds. The standard InChI is InChI=1S/C16H24FN/c1-18-11-10-16(13-6-3-2-4-7-13)14-8-5-9-15(17)12-14/h5,8-9,12-13,16,18H,2-4,6-7,10-11H2,1H3. The van der Waals surface area contributed by atoms with Crippen LogP contribution in [0.2, 0.25) is 0 Å². The molecule has 1 fully saturated rings. The van der Waals surface area contributed by atoms with E-state index in [-0.39, 0.29) is 5.82 Å². The molecular weight excluding hydrogens is 225 g/mol. The number of halogens is 1. The molecule has 2 heteroatoms. The van der Waals surface area contributed by atoms with Crippen molar-refractivity contribution >= 4 is 0 Å². The molecule has 18 heavy (non-hydrogen) atoms. The molecule has 2 rings (SSSR count). The van der Waals surface area contributed by atoms with E-state index in [4.69, 9.17) is 0 Å². The molecule has 0 spiro atoms. The Bertz CT molecular complexity index is 358. The highest BCUT2D eigenvalue weighted by Gasteiger charge is 2.24.